The molecule has 2 aromatic heterocycles. The summed E-state index contributed by atoms with van der Waals surface area (Å²) in [6, 6.07) is 4.24. The van der Waals surface area contributed by atoms with Crippen LogP contribution in [0.5, 0.6) is 0 Å². The van der Waals surface area contributed by atoms with E-state index in [-0.39, 0.29) is 46.6 Å². The van der Waals surface area contributed by atoms with Crippen LogP contribution in [-0.2, 0) is 16.2 Å². The molecule has 0 aliphatic heterocycles. The molecule has 0 unspecified atom stereocenters. The molecule has 1 aliphatic rings. The third-order valence-corrected chi connectivity index (χ3v) is 7.96. The highest BCUT2D eigenvalue weighted by Gasteiger charge is 2.40. The summed E-state index contributed by atoms with van der Waals surface area (Å²) in [6.45, 7) is 12.0. The molecule has 2 heterocycles. The third kappa shape index (κ3) is 3.34. The van der Waals surface area contributed by atoms with Crippen molar-refractivity contribution in [2.45, 2.75) is 84.4 Å². The lowest BCUT2D eigenvalue weighted by Gasteiger charge is -2.41. The van der Waals surface area contributed by atoms with E-state index < -0.39 is 12.3 Å². The Balaban J connectivity index is 1.82. The van der Waals surface area contributed by atoms with Crippen molar-refractivity contribution in [3.05, 3.63) is 76.9 Å². The number of nitrogens with zero attached hydrogens (tertiary/aromatic N) is 1. The molecule has 0 radical (unpaired) electrons. The summed E-state index contributed by atoms with van der Waals surface area (Å²) in [5.74, 6) is 0. The normalized spacial score (nSPS) is 20.6. The Labute approximate surface area is 226 Å². The lowest BCUT2D eigenvalue weighted by Crippen LogP contribution is -2.34. The SMILES string of the molecule is [2H]c1c([2H])c([2H])c2c(C(C)(C)C)c([2H])c(-c3nccc4c3oc3c5c(cc(C([2H])([2H])[2H])c34)C(C)(C)CCC5(C)C)cc2c1[2H]. The number of rotatable bonds is 1. The zero-order valence-electron chi connectivity index (χ0n) is 30.1. The largest absolute Gasteiger partial charge is 0.453 e. The van der Waals surface area contributed by atoms with Crippen molar-refractivity contribution in [3.8, 4) is 11.3 Å². The van der Waals surface area contributed by atoms with Crippen molar-refractivity contribution in [2.75, 3.05) is 0 Å². The van der Waals surface area contributed by atoms with Gasteiger partial charge in [0.15, 0.2) is 5.58 Å². The lowest BCUT2D eigenvalue weighted by atomic mass is 9.62. The van der Waals surface area contributed by atoms with Gasteiger partial charge in [-0.1, -0.05) is 78.7 Å². The van der Waals surface area contributed by atoms with E-state index in [1.54, 1.807) is 18.3 Å². The zero-order valence-corrected chi connectivity index (χ0v) is 22.1. The molecule has 6 rings (SSSR count). The van der Waals surface area contributed by atoms with E-state index in [4.69, 9.17) is 14.0 Å². The molecule has 0 spiro atoms. The predicted octanol–water partition coefficient (Wildman–Crippen LogP) is 9.76. The van der Waals surface area contributed by atoms with Crippen LogP contribution < -0.4 is 0 Å². The standard InChI is InChI=1S/C34H37NO/c1-20-17-26-28(34(7,8)15-14-33(26,5)6)31-27(20)24-13-16-35-29(30(24)36-31)22-18-21-11-9-10-12-23(21)25(19-22)32(2,3)4/h9-13,16-19H,14-15H2,1-8H3/i1D3,9D,10D,11D,12D,19D. The second kappa shape index (κ2) is 7.44. The highest BCUT2D eigenvalue weighted by Crippen LogP contribution is 2.51. The maximum Gasteiger partial charge on any atom is 0.161 e. The molecule has 2 nitrogen and oxygen atoms in total. The first kappa shape index (κ1) is 15.9. The van der Waals surface area contributed by atoms with Gasteiger partial charge in [-0.05, 0) is 81.6 Å². The molecule has 5 aromatic rings. The zero-order chi connectivity index (χ0) is 32.5. The van der Waals surface area contributed by atoms with Crippen molar-refractivity contribution in [1.82, 2.24) is 4.98 Å². The summed E-state index contributed by atoms with van der Waals surface area (Å²) in [6.07, 6.45) is 3.40. The minimum atomic E-state index is -2.41. The molecular weight excluding hydrogens is 438 g/mol. The smallest absolute Gasteiger partial charge is 0.161 e. The molecule has 2 heteroatoms. The molecular formula is C34H37NO. The number of pyridine rings is 1. The van der Waals surface area contributed by atoms with Crippen LogP contribution in [0.25, 0.3) is 44.0 Å². The molecule has 184 valence electrons. The Hall–Kier alpha value is -3.13. The Morgan fingerprint density at radius 1 is 0.972 bits per heavy atom. The van der Waals surface area contributed by atoms with Gasteiger partial charge in [0.2, 0.25) is 0 Å². The van der Waals surface area contributed by atoms with E-state index in [1.807, 2.05) is 26.8 Å². The number of hydrogen-bond donors (Lipinski definition) is 0. The first-order valence-electron chi connectivity index (χ1n) is 16.6. The van der Waals surface area contributed by atoms with Crippen molar-refractivity contribution >= 4 is 32.7 Å². The maximum atomic E-state index is 9.41. The number of furan rings is 1. The summed E-state index contributed by atoms with van der Waals surface area (Å²) < 4.78 is 75.7. The summed E-state index contributed by atoms with van der Waals surface area (Å²) in [5, 5.41) is 1.73. The van der Waals surface area contributed by atoms with Crippen molar-refractivity contribution in [3.63, 3.8) is 0 Å². The number of hydrogen-bond acceptors (Lipinski definition) is 2. The first-order valence-corrected chi connectivity index (χ1v) is 12.6. The van der Waals surface area contributed by atoms with Gasteiger partial charge in [0.25, 0.3) is 0 Å². The predicted molar refractivity (Wildman–Crippen MR) is 153 cm³/mol. The van der Waals surface area contributed by atoms with Crippen LogP contribution in [0.3, 0.4) is 0 Å². The summed E-state index contributed by atoms with van der Waals surface area (Å²) in [5.41, 5.74) is 3.08. The van der Waals surface area contributed by atoms with Crippen LogP contribution in [0.2, 0.25) is 0 Å². The first-order chi connectivity index (χ1) is 20.2. The van der Waals surface area contributed by atoms with Gasteiger partial charge in [0.1, 0.15) is 11.3 Å². The van der Waals surface area contributed by atoms with Crippen molar-refractivity contribution in [2.24, 2.45) is 0 Å². The lowest BCUT2D eigenvalue weighted by molar-refractivity contribution is 0.331. The minimum absolute atomic E-state index is 0.0926. The number of benzene rings is 3. The number of aromatic nitrogens is 1. The van der Waals surface area contributed by atoms with Crippen LogP contribution in [-0.4, -0.2) is 4.98 Å². The summed E-state index contributed by atoms with van der Waals surface area (Å²) in [7, 11) is 0. The second-order valence-corrected chi connectivity index (χ2v) is 12.6. The number of aryl methyl sites for hydroxylation is 1. The Bertz CT molecular complexity index is 2040. The van der Waals surface area contributed by atoms with Crippen LogP contribution in [0.4, 0.5) is 0 Å². The summed E-state index contributed by atoms with van der Waals surface area (Å²) >= 11 is 0. The van der Waals surface area contributed by atoms with Gasteiger partial charge < -0.3 is 4.42 Å². The van der Waals surface area contributed by atoms with E-state index in [9.17, 15) is 1.37 Å². The molecule has 0 N–H and O–H groups in total. The van der Waals surface area contributed by atoms with E-state index in [0.29, 0.717) is 49.5 Å². The molecule has 0 bridgehead atoms. The molecule has 3 aromatic carbocycles. The van der Waals surface area contributed by atoms with Crippen LogP contribution >= 0.6 is 0 Å². The molecule has 0 atom stereocenters. The quantitative estimate of drug-likeness (QED) is 0.237. The third-order valence-electron chi connectivity index (χ3n) is 7.96. The average Bonchev–Trinajstić information content (AvgIpc) is 3.30. The van der Waals surface area contributed by atoms with Gasteiger partial charge in [-0.3, -0.25) is 4.98 Å². The van der Waals surface area contributed by atoms with E-state index >= 15 is 0 Å². The highest BCUT2D eigenvalue weighted by atomic mass is 16.3. The Morgan fingerprint density at radius 2 is 1.72 bits per heavy atom. The average molecular weight is 484 g/mol. The van der Waals surface area contributed by atoms with Crippen LogP contribution in [0.15, 0.2) is 59.0 Å². The monoisotopic (exact) mass is 483 g/mol. The van der Waals surface area contributed by atoms with E-state index in [1.165, 1.54) is 0 Å². The van der Waals surface area contributed by atoms with Gasteiger partial charge in [-0.15, -0.1) is 0 Å². The minimum Gasteiger partial charge on any atom is -0.453 e. The number of fused-ring (bicyclic) bond motifs is 6. The van der Waals surface area contributed by atoms with Crippen LogP contribution in [0, 0.1) is 6.85 Å². The van der Waals surface area contributed by atoms with Gasteiger partial charge in [-0.2, -0.15) is 0 Å². The molecule has 1 aliphatic carbocycles. The molecule has 0 amide bonds. The Kier molecular flexibility index (Phi) is 3.28. The van der Waals surface area contributed by atoms with Crippen LogP contribution in [0.1, 0.15) is 94.5 Å². The highest BCUT2D eigenvalue weighted by molar-refractivity contribution is 6.12. The van der Waals surface area contributed by atoms with Gasteiger partial charge in [0.05, 0.1) is 6.85 Å². The molecule has 36 heavy (non-hydrogen) atoms. The van der Waals surface area contributed by atoms with Gasteiger partial charge >= 0.3 is 0 Å². The van der Waals surface area contributed by atoms with Gasteiger partial charge in [0, 0.05) is 32.2 Å². The van der Waals surface area contributed by atoms with Gasteiger partial charge in [-0.25, -0.2) is 0 Å². The molecule has 0 saturated heterocycles. The van der Waals surface area contributed by atoms with Crippen molar-refractivity contribution < 1.29 is 15.4 Å². The fourth-order valence-electron chi connectivity index (χ4n) is 5.86. The molecule has 0 fully saturated rings. The fourth-order valence-corrected chi connectivity index (χ4v) is 5.86. The Morgan fingerprint density at radius 3 is 2.47 bits per heavy atom. The van der Waals surface area contributed by atoms with Crippen molar-refractivity contribution in [1.29, 1.82) is 0 Å². The summed E-state index contributed by atoms with van der Waals surface area (Å²) in [4.78, 5) is 4.68. The fraction of sp³-hybridized carbons (Fsp3) is 0.382. The van der Waals surface area contributed by atoms with E-state index in [0.717, 1.165) is 24.0 Å². The maximum absolute atomic E-state index is 9.41. The second-order valence-electron chi connectivity index (χ2n) is 12.6. The molecule has 0 saturated carbocycles. The van der Waals surface area contributed by atoms with E-state index in [2.05, 4.69) is 32.7 Å². The topological polar surface area (TPSA) is 26.0 Å².